The minimum Gasteiger partial charge on any atom is -0.512 e. The molecule has 0 fully saturated rings. The number of halogens is 1. The quantitative estimate of drug-likeness (QED) is 0.824. The molecule has 0 amide bonds. The number of allylic oxidation sites excluding steroid dienone is 2. The molecule has 118 valence electrons. The highest BCUT2D eigenvalue weighted by molar-refractivity contribution is 6.30. The van der Waals surface area contributed by atoms with Gasteiger partial charge in [-0.2, -0.15) is 5.10 Å². The lowest BCUT2D eigenvalue weighted by Gasteiger charge is -2.11. The number of hydrogen-bond acceptors (Lipinski definition) is 4. The van der Waals surface area contributed by atoms with Gasteiger partial charge >= 0.3 is 0 Å². The van der Waals surface area contributed by atoms with Gasteiger partial charge in [-0.05, 0) is 31.0 Å². The molecule has 0 saturated heterocycles. The molecule has 0 saturated carbocycles. The second-order valence-corrected chi connectivity index (χ2v) is 5.89. The van der Waals surface area contributed by atoms with Crippen LogP contribution in [0.5, 0.6) is 0 Å². The molecule has 3 rings (SSSR count). The van der Waals surface area contributed by atoms with E-state index in [1.54, 1.807) is 12.1 Å². The van der Waals surface area contributed by atoms with Gasteiger partial charge in [0.25, 0.3) is 0 Å². The van der Waals surface area contributed by atoms with Gasteiger partial charge in [0.1, 0.15) is 5.76 Å². The average Bonchev–Trinajstić information content (AvgIpc) is 2.89. The van der Waals surface area contributed by atoms with Gasteiger partial charge in [-0.1, -0.05) is 23.7 Å². The summed E-state index contributed by atoms with van der Waals surface area (Å²) in [5.74, 6) is 0.492. The summed E-state index contributed by atoms with van der Waals surface area (Å²) in [5.41, 5.74) is 2.92. The molecule has 0 atom stereocenters. The smallest absolute Gasteiger partial charge is 0.181 e. The number of aryl methyl sites for hydroxylation is 1. The van der Waals surface area contributed by atoms with Crippen molar-refractivity contribution in [1.82, 2.24) is 10.2 Å². The summed E-state index contributed by atoms with van der Waals surface area (Å²) in [6.07, 6.45) is 3.04. The Morgan fingerprint density at radius 3 is 2.74 bits per heavy atom. The fraction of sp³-hybridized carbons (Fsp3) is 0.235. The number of H-pyrrole nitrogens is 1. The summed E-state index contributed by atoms with van der Waals surface area (Å²) in [6, 6.07) is 7.38. The third-order valence-corrected chi connectivity index (χ3v) is 4.06. The van der Waals surface area contributed by atoms with Crippen LogP contribution in [-0.2, 0) is 4.79 Å². The van der Waals surface area contributed by atoms with Crippen LogP contribution in [0.3, 0.4) is 0 Å². The number of nitrogens with zero attached hydrogens (tertiary/aromatic N) is 2. The molecular weight excluding hydrogens is 314 g/mol. The van der Waals surface area contributed by atoms with Crippen molar-refractivity contribution in [2.75, 3.05) is 0 Å². The number of aromatic nitrogens is 2. The van der Waals surface area contributed by atoms with Crippen molar-refractivity contribution < 1.29 is 9.90 Å². The van der Waals surface area contributed by atoms with Crippen LogP contribution in [-0.4, -0.2) is 27.3 Å². The summed E-state index contributed by atoms with van der Waals surface area (Å²) in [7, 11) is 0. The van der Waals surface area contributed by atoms with Crippen molar-refractivity contribution in [2.24, 2.45) is 4.99 Å². The molecule has 0 unspecified atom stereocenters. The van der Waals surface area contributed by atoms with Crippen LogP contribution in [0.15, 0.2) is 40.6 Å². The Morgan fingerprint density at radius 1 is 1.30 bits per heavy atom. The standard InChI is InChI=1S/C17H16ClN3O2/c1-10-16(11-5-7-12(18)8-6-11)17(21-20-10)19-9-13-14(22)3-2-4-15(13)23/h5-9,22H,2-4H2,1H3,(H,20,21). The number of Topliss-reactive ketones (excluding diaryl/α,β-unsaturated/α-hetero) is 1. The first-order chi connectivity index (χ1) is 11.1. The number of aliphatic hydroxyl groups excluding tert-OH is 1. The number of nitrogens with one attached hydrogen (secondary N) is 1. The maximum absolute atomic E-state index is 11.9. The maximum atomic E-state index is 11.9. The fourth-order valence-electron chi connectivity index (χ4n) is 2.59. The second-order valence-electron chi connectivity index (χ2n) is 5.45. The van der Waals surface area contributed by atoms with Gasteiger partial charge in [0.2, 0.25) is 0 Å². The number of aliphatic imine (C=N–C) groups is 1. The third kappa shape index (κ3) is 3.19. The van der Waals surface area contributed by atoms with Gasteiger partial charge in [0.05, 0.1) is 5.57 Å². The van der Waals surface area contributed by atoms with Crippen molar-refractivity contribution in [1.29, 1.82) is 0 Å². The fourth-order valence-corrected chi connectivity index (χ4v) is 2.72. The minimum absolute atomic E-state index is 0.0854. The Kier molecular flexibility index (Phi) is 4.30. The lowest BCUT2D eigenvalue weighted by molar-refractivity contribution is -0.115. The summed E-state index contributed by atoms with van der Waals surface area (Å²) in [4.78, 5) is 16.2. The third-order valence-electron chi connectivity index (χ3n) is 3.81. The number of benzene rings is 1. The molecule has 1 aromatic carbocycles. The van der Waals surface area contributed by atoms with E-state index in [4.69, 9.17) is 11.6 Å². The van der Waals surface area contributed by atoms with E-state index in [0.29, 0.717) is 30.1 Å². The molecule has 1 heterocycles. The van der Waals surface area contributed by atoms with Gasteiger partial charge < -0.3 is 5.11 Å². The lowest BCUT2D eigenvalue weighted by Crippen LogP contribution is -2.12. The zero-order valence-corrected chi connectivity index (χ0v) is 13.4. The Morgan fingerprint density at radius 2 is 2.04 bits per heavy atom. The molecule has 23 heavy (non-hydrogen) atoms. The topological polar surface area (TPSA) is 78.3 Å². The van der Waals surface area contributed by atoms with Crippen LogP contribution >= 0.6 is 11.6 Å². The molecule has 2 N–H and O–H groups in total. The van der Waals surface area contributed by atoms with Crippen molar-refractivity contribution in [2.45, 2.75) is 26.2 Å². The zero-order valence-electron chi connectivity index (χ0n) is 12.6. The largest absolute Gasteiger partial charge is 0.512 e. The highest BCUT2D eigenvalue weighted by atomic mass is 35.5. The minimum atomic E-state index is -0.0854. The van der Waals surface area contributed by atoms with E-state index < -0.39 is 0 Å². The van der Waals surface area contributed by atoms with Gasteiger partial charge in [-0.3, -0.25) is 9.89 Å². The molecule has 6 heteroatoms. The molecule has 1 aromatic heterocycles. The van der Waals surface area contributed by atoms with Crippen LogP contribution in [0.4, 0.5) is 5.82 Å². The number of rotatable bonds is 3. The zero-order chi connectivity index (χ0) is 16.4. The van der Waals surface area contributed by atoms with Crippen LogP contribution in [0.2, 0.25) is 5.02 Å². The number of aliphatic hydroxyl groups is 1. The predicted octanol–water partition coefficient (Wildman–Crippen LogP) is 4.31. The maximum Gasteiger partial charge on any atom is 0.181 e. The molecule has 1 aliphatic carbocycles. The van der Waals surface area contributed by atoms with Crippen LogP contribution in [0.25, 0.3) is 11.1 Å². The van der Waals surface area contributed by atoms with Gasteiger partial charge in [-0.15, -0.1) is 0 Å². The van der Waals surface area contributed by atoms with E-state index in [-0.39, 0.29) is 17.1 Å². The Labute approximate surface area is 138 Å². The first-order valence-electron chi connectivity index (χ1n) is 7.36. The van der Waals surface area contributed by atoms with Gasteiger partial charge in [0.15, 0.2) is 11.6 Å². The molecule has 0 radical (unpaired) electrons. The van der Waals surface area contributed by atoms with Crippen LogP contribution in [0, 0.1) is 6.92 Å². The van der Waals surface area contributed by atoms with Crippen molar-refractivity contribution in [3.63, 3.8) is 0 Å². The molecule has 1 aliphatic rings. The molecular formula is C17H16ClN3O2. The summed E-state index contributed by atoms with van der Waals surface area (Å²) in [5, 5.41) is 17.6. The number of carbonyl (C=O) groups excluding carboxylic acids is 1. The molecule has 0 spiro atoms. The summed E-state index contributed by atoms with van der Waals surface area (Å²) in [6.45, 7) is 1.90. The predicted molar refractivity (Wildman–Crippen MR) is 90.4 cm³/mol. The number of aromatic amines is 1. The number of hydrogen-bond donors (Lipinski definition) is 2. The number of ketones is 1. The van der Waals surface area contributed by atoms with Crippen LogP contribution < -0.4 is 0 Å². The van der Waals surface area contributed by atoms with Crippen molar-refractivity contribution in [3.8, 4) is 11.1 Å². The first kappa shape index (κ1) is 15.5. The van der Waals surface area contributed by atoms with Gasteiger partial charge in [-0.25, -0.2) is 4.99 Å². The lowest BCUT2D eigenvalue weighted by atomic mass is 9.97. The highest BCUT2D eigenvalue weighted by Gasteiger charge is 2.19. The normalized spacial score (nSPS) is 15.7. The highest BCUT2D eigenvalue weighted by Crippen LogP contribution is 2.32. The SMILES string of the molecule is Cc1[nH]nc(N=CC2=C(O)CCCC2=O)c1-c1ccc(Cl)cc1. The summed E-state index contributed by atoms with van der Waals surface area (Å²) < 4.78 is 0. The molecule has 5 nitrogen and oxygen atoms in total. The van der Waals surface area contributed by atoms with E-state index in [1.165, 1.54) is 6.21 Å². The van der Waals surface area contributed by atoms with Crippen molar-refractivity contribution in [3.05, 3.63) is 46.3 Å². The average molecular weight is 330 g/mol. The van der Waals surface area contributed by atoms with Crippen molar-refractivity contribution >= 4 is 29.4 Å². The summed E-state index contributed by atoms with van der Waals surface area (Å²) >= 11 is 5.92. The Bertz CT molecular complexity index is 804. The van der Waals surface area contributed by atoms with E-state index >= 15 is 0 Å². The Hall–Kier alpha value is -2.40. The Balaban J connectivity index is 1.97. The molecule has 2 aromatic rings. The monoisotopic (exact) mass is 329 g/mol. The first-order valence-corrected chi connectivity index (χ1v) is 7.74. The second kappa shape index (κ2) is 6.38. The van der Waals surface area contributed by atoms with Gasteiger partial charge in [0, 0.05) is 35.3 Å². The van der Waals surface area contributed by atoms with E-state index in [0.717, 1.165) is 16.8 Å². The molecule has 0 bridgehead atoms. The number of carbonyl (C=O) groups is 1. The molecule has 0 aliphatic heterocycles. The van der Waals surface area contributed by atoms with E-state index in [9.17, 15) is 9.90 Å². The van der Waals surface area contributed by atoms with E-state index in [1.807, 2.05) is 19.1 Å². The van der Waals surface area contributed by atoms with Crippen LogP contribution in [0.1, 0.15) is 25.0 Å². The van der Waals surface area contributed by atoms with E-state index in [2.05, 4.69) is 15.2 Å².